The van der Waals surface area contributed by atoms with E-state index in [0.29, 0.717) is 0 Å². The maximum absolute atomic E-state index is 9.57. The molecule has 2 atom stereocenters. The summed E-state index contributed by atoms with van der Waals surface area (Å²) in [7, 11) is 0. The summed E-state index contributed by atoms with van der Waals surface area (Å²) in [5.41, 5.74) is 0. The fourth-order valence-corrected chi connectivity index (χ4v) is 1.62. The molecule has 0 rings (SSSR count). The molecule has 0 spiro atoms. The average Bonchev–Trinajstić information content (AvgIpc) is 2.29. The molecular formula is C14H28O2. The molecule has 0 aliphatic heterocycles. The molecule has 0 saturated heterocycles. The second-order valence-electron chi connectivity index (χ2n) is 4.53. The van der Waals surface area contributed by atoms with Crippen LogP contribution in [0.25, 0.3) is 0 Å². The molecule has 0 fully saturated rings. The quantitative estimate of drug-likeness (QED) is 0.562. The van der Waals surface area contributed by atoms with E-state index in [9.17, 15) is 10.2 Å². The first kappa shape index (κ1) is 15.7. The van der Waals surface area contributed by atoms with Crippen LogP contribution >= 0.6 is 0 Å². The summed E-state index contributed by atoms with van der Waals surface area (Å²) in [6.45, 7) is 4.26. The van der Waals surface area contributed by atoms with E-state index in [-0.39, 0.29) is 12.2 Å². The Hall–Kier alpha value is -0.340. The highest BCUT2D eigenvalue weighted by Crippen LogP contribution is 2.07. The van der Waals surface area contributed by atoms with E-state index in [0.717, 1.165) is 51.4 Å². The van der Waals surface area contributed by atoms with Gasteiger partial charge in [0.05, 0.1) is 12.2 Å². The van der Waals surface area contributed by atoms with Gasteiger partial charge in [-0.25, -0.2) is 0 Å². The third kappa shape index (κ3) is 10.2. The van der Waals surface area contributed by atoms with Gasteiger partial charge in [0.15, 0.2) is 0 Å². The van der Waals surface area contributed by atoms with Crippen LogP contribution < -0.4 is 0 Å². The zero-order chi connectivity index (χ0) is 12.2. The van der Waals surface area contributed by atoms with Crippen molar-refractivity contribution in [2.75, 3.05) is 0 Å². The largest absolute Gasteiger partial charge is 0.393 e. The zero-order valence-corrected chi connectivity index (χ0v) is 10.9. The maximum Gasteiger partial charge on any atom is 0.0574 e. The van der Waals surface area contributed by atoms with Crippen LogP contribution in [0.3, 0.4) is 0 Å². The van der Waals surface area contributed by atoms with Crippen LogP contribution in [0, 0.1) is 0 Å². The first-order valence-corrected chi connectivity index (χ1v) is 6.71. The van der Waals surface area contributed by atoms with Crippen LogP contribution in [0.15, 0.2) is 12.2 Å². The molecule has 2 nitrogen and oxygen atoms in total. The molecule has 0 aromatic rings. The van der Waals surface area contributed by atoms with Crippen molar-refractivity contribution in [3.05, 3.63) is 12.2 Å². The number of aliphatic hydroxyl groups is 2. The first-order chi connectivity index (χ1) is 7.70. The van der Waals surface area contributed by atoms with E-state index in [1.807, 2.05) is 12.2 Å². The SMILES string of the molecule is CCCCC(O)C/C=C\CC(O)CCCC. The maximum atomic E-state index is 9.57. The molecule has 0 aromatic carbocycles. The Bertz CT molecular complexity index is 148. The lowest BCUT2D eigenvalue weighted by molar-refractivity contribution is 0.160. The minimum absolute atomic E-state index is 0.205. The molecular weight excluding hydrogens is 200 g/mol. The van der Waals surface area contributed by atoms with Crippen molar-refractivity contribution in [3.8, 4) is 0 Å². The Labute approximate surface area is 100 Å². The molecule has 0 aromatic heterocycles. The van der Waals surface area contributed by atoms with E-state index in [1.54, 1.807) is 0 Å². The predicted molar refractivity (Wildman–Crippen MR) is 69.4 cm³/mol. The fourth-order valence-electron chi connectivity index (χ4n) is 1.62. The Kier molecular flexibility index (Phi) is 10.9. The topological polar surface area (TPSA) is 40.5 Å². The van der Waals surface area contributed by atoms with Gasteiger partial charge in [-0.05, 0) is 25.7 Å². The van der Waals surface area contributed by atoms with Gasteiger partial charge in [-0.1, -0.05) is 51.7 Å². The van der Waals surface area contributed by atoms with Gasteiger partial charge in [0, 0.05) is 0 Å². The Morgan fingerprint density at radius 3 is 1.50 bits per heavy atom. The van der Waals surface area contributed by atoms with E-state index in [4.69, 9.17) is 0 Å². The smallest absolute Gasteiger partial charge is 0.0574 e. The summed E-state index contributed by atoms with van der Waals surface area (Å²) in [4.78, 5) is 0. The van der Waals surface area contributed by atoms with Gasteiger partial charge in [0.2, 0.25) is 0 Å². The summed E-state index contributed by atoms with van der Waals surface area (Å²) >= 11 is 0. The lowest BCUT2D eigenvalue weighted by Gasteiger charge is -2.07. The molecule has 0 saturated carbocycles. The highest BCUT2D eigenvalue weighted by molar-refractivity contribution is 4.86. The molecule has 96 valence electrons. The van der Waals surface area contributed by atoms with Gasteiger partial charge in [0.1, 0.15) is 0 Å². The molecule has 0 bridgehead atoms. The lowest BCUT2D eigenvalue weighted by Crippen LogP contribution is -2.05. The van der Waals surface area contributed by atoms with E-state index in [1.165, 1.54) is 0 Å². The number of unbranched alkanes of at least 4 members (excludes halogenated alkanes) is 2. The van der Waals surface area contributed by atoms with E-state index >= 15 is 0 Å². The molecule has 2 unspecified atom stereocenters. The third-order valence-corrected chi connectivity index (χ3v) is 2.76. The van der Waals surface area contributed by atoms with Crippen molar-refractivity contribution in [2.45, 2.75) is 77.4 Å². The van der Waals surface area contributed by atoms with Crippen molar-refractivity contribution in [1.29, 1.82) is 0 Å². The molecule has 0 aliphatic carbocycles. The first-order valence-electron chi connectivity index (χ1n) is 6.71. The van der Waals surface area contributed by atoms with Crippen molar-refractivity contribution in [3.63, 3.8) is 0 Å². The highest BCUT2D eigenvalue weighted by atomic mass is 16.3. The minimum Gasteiger partial charge on any atom is -0.393 e. The summed E-state index contributed by atoms with van der Waals surface area (Å²) in [6, 6.07) is 0. The number of hydrogen-bond acceptors (Lipinski definition) is 2. The van der Waals surface area contributed by atoms with Gasteiger partial charge in [-0.15, -0.1) is 0 Å². The minimum atomic E-state index is -0.205. The van der Waals surface area contributed by atoms with Gasteiger partial charge in [-0.3, -0.25) is 0 Å². The number of hydrogen-bond donors (Lipinski definition) is 2. The van der Waals surface area contributed by atoms with Crippen molar-refractivity contribution in [2.24, 2.45) is 0 Å². The lowest BCUT2D eigenvalue weighted by atomic mass is 10.1. The Morgan fingerprint density at radius 2 is 1.19 bits per heavy atom. The average molecular weight is 228 g/mol. The summed E-state index contributed by atoms with van der Waals surface area (Å²) in [5, 5.41) is 19.1. The number of rotatable bonds is 10. The molecule has 2 N–H and O–H groups in total. The van der Waals surface area contributed by atoms with Crippen LogP contribution in [0.1, 0.15) is 65.2 Å². The molecule has 0 amide bonds. The van der Waals surface area contributed by atoms with Crippen LogP contribution in [0.2, 0.25) is 0 Å². The van der Waals surface area contributed by atoms with Crippen molar-refractivity contribution >= 4 is 0 Å². The highest BCUT2D eigenvalue weighted by Gasteiger charge is 2.01. The third-order valence-electron chi connectivity index (χ3n) is 2.76. The van der Waals surface area contributed by atoms with Gasteiger partial charge in [0.25, 0.3) is 0 Å². The fraction of sp³-hybridized carbons (Fsp3) is 0.857. The van der Waals surface area contributed by atoms with E-state index < -0.39 is 0 Å². The Morgan fingerprint density at radius 1 is 0.812 bits per heavy atom. The normalized spacial score (nSPS) is 15.5. The molecule has 0 radical (unpaired) electrons. The van der Waals surface area contributed by atoms with Gasteiger partial charge >= 0.3 is 0 Å². The predicted octanol–water partition coefficient (Wildman–Crippen LogP) is 3.43. The van der Waals surface area contributed by atoms with Gasteiger partial charge < -0.3 is 10.2 Å². The van der Waals surface area contributed by atoms with Crippen LogP contribution in [0.4, 0.5) is 0 Å². The van der Waals surface area contributed by atoms with Crippen LogP contribution in [-0.2, 0) is 0 Å². The zero-order valence-electron chi connectivity index (χ0n) is 10.9. The van der Waals surface area contributed by atoms with E-state index in [2.05, 4.69) is 13.8 Å². The summed E-state index contributed by atoms with van der Waals surface area (Å²) in [5.74, 6) is 0. The molecule has 0 heterocycles. The number of aliphatic hydroxyl groups excluding tert-OH is 2. The second kappa shape index (κ2) is 11.2. The summed E-state index contributed by atoms with van der Waals surface area (Å²) in [6.07, 6.45) is 11.3. The molecule has 0 aliphatic rings. The molecule has 2 heteroatoms. The Balaban J connectivity index is 3.45. The van der Waals surface area contributed by atoms with Crippen LogP contribution in [0.5, 0.6) is 0 Å². The monoisotopic (exact) mass is 228 g/mol. The van der Waals surface area contributed by atoms with Crippen molar-refractivity contribution in [1.82, 2.24) is 0 Å². The summed E-state index contributed by atoms with van der Waals surface area (Å²) < 4.78 is 0. The second-order valence-corrected chi connectivity index (χ2v) is 4.53. The standard InChI is InChI=1S/C14H28O2/c1-3-5-9-13(15)11-7-8-12-14(16)10-6-4-2/h7-8,13-16H,3-6,9-12H2,1-2H3/b8-7-. The van der Waals surface area contributed by atoms with Crippen molar-refractivity contribution < 1.29 is 10.2 Å². The molecule has 16 heavy (non-hydrogen) atoms. The van der Waals surface area contributed by atoms with Gasteiger partial charge in [-0.2, -0.15) is 0 Å². The van der Waals surface area contributed by atoms with Crippen LogP contribution in [-0.4, -0.2) is 22.4 Å².